The van der Waals surface area contributed by atoms with Crippen molar-refractivity contribution in [1.29, 1.82) is 0 Å². The lowest BCUT2D eigenvalue weighted by atomic mass is 9.92. The fourth-order valence-electron chi connectivity index (χ4n) is 1.16. The molecule has 0 aliphatic heterocycles. The van der Waals surface area contributed by atoms with E-state index in [1.54, 1.807) is 19.1 Å². The Hall–Kier alpha value is -0.930. The molecule has 0 saturated heterocycles. The summed E-state index contributed by atoms with van der Waals surface area (Å²) in [7, 11) is 0. The highest BCUT2D eigenvalue weighted by Gasteiger charge is 2.23. The summed E-state index contributed by atoms with van der Waals surface area (Å²) in [5, 5.41) is 8.97. The second-order valence-electron chi connectivity index (χ2n) is 3.56. The predicted octanol–water partition coefficient (Wildman–Crippen LogP) is 1.30. The van der Waals surface area contributed by atoms with Gasteiger partial charge >= 0.3 is 0 Å². The highest BCUT2D eigenvalue weighted by atomic mass is 19.1. The van der Waals surface area contributed by atoms with Crippen LogP contribution in [0.4, 0.5) is 4.39 Å². The van der Waals surface area contributed by atoms with Gasteiger partial charge in [0.1, 0.15) is 5.82 Å². The molecule has 0 unspecified atom stereocenters. The standard InChI is InChI=1S/C10H14FNO/c1-7-3-4-9(11)8(5-7)10(2,12)6-13/h3-5,13H,6,12H2,1-2H3/t10-/m0/s1. The zero-order valence-corrected chi connectivity index (χ0v) is 7.84. The average molecular weight is 183 g/mol. The molecule has 0 saturated carbocycles. The largest absolute Gasteiger partial charge is 0.394 e. The Balaban J connectivity index is 3.20. The third-order valence-corrected chi connectivity index (χ3v) is 2.07. The van der Waals surface area contributed by atoms with E-state index in [9.17, 15) is 4.39 Å². The summed E-state index contributed by atoms with van der Waals surface area (Å²) in [6.07, 6.45) is 0. The van der Waals surface area contributed by atoms with Gasteiger partial charge in [0.15, 0.2) is 0 Å². The lowest BCUT2D eigenvalue weighted by Crippen LogP contribution is -2.37. The van der Waals surface area contributed by atoms with Crippen LogP contribution in [0.1, 0.15) is 18.1 Å². The van der Waals surface area contributed by atoms with Gasteiger partial charge in [0.25, 0.3) is 0 Å². The number of halogens is 1. The van der Waals surface area contributed by atoms with Crippen molar-refractivity contribution < 1.29 is 9.50 Å². The van der Waals surface area contributed by atoms with E-state index in [0.717, 1.165) is 5.56 Å². The Labute approximate surface area is 77.2 Å². The number of aliphatic hydroxyl groups excluding tert-OH is 1. The van der Waals surface area contributed by atoms with Crippen molar-refractivity contribution >= 4 is 0 Å². The molecule has 3 heteroatoms. The first kappa shape index (κ1) is 10.2. The number of benzene rings is 1. The maximum absolute atomic E-state index is 13.3. The van der Waals surface area contributed by atoms with Crippen LogP contribution in [-0.2, 0) is 5.54 Å². The van der Waals surface area contributed by atoms with Crippen molar-refractivity contribution in [3.63, 3.8) is 0 Å². The van der Waals surface area contributed by atoms with Gasteiger partial charge in [0.2, 0.25) is 0 Å². The molecule has 72 valence electrons. The van der Waals surface area contributed by atoms with Crippen molar-refractivity contribution in [3.8, 4) is 0 Å². The van der Waals surface area contributed by atoms with Gasteiger partial charge in [-0.05, 0) is 19.9 Å². The number of hydrogen-bond donors (Lipinski definition) is 2. The monoisotopic (exact) mass is 183 g/mol. The second kappa shape index (κ2) is 3.44. The number of rotatable bonds is 2. The molecule has 0 fully saturated rings. The lowest BCUT2D eigenvalue weighted by Gasteiger charge is -2.23. The SMILES string of the molecule is Cc1ccc(F)c([C@@](C)(N)CO)c1. The zero-order chi connectivity index (χ0) is 10.1. The fraction of sp³-hybridized carbons (Fsp3) is 0.400. The molecule has 1 aromatic rings. The first-order valence-corrected chi connectivity index (χ1v) is 4.14. The molecule has 1 aromatic carbocycles. The van der Waals surface area contributed by atoms with Gasteiger partial charge in [-0.15, -0.1) is 0 Å². The van der Waals surface area contributed by atoms with E-state index in [4.69, 9.17) is 10.8 Å². The molecule has 1 atom stereocenters. The highest BCUT2D eigenvalue weighted by Crippen LogP contribution is 2.21. The molecule has 0 aromatic heterocycles. The molecule has 0 amide bonds. The smallest absolute Gasteiger partial charge is 0.128 e. The van der Waals surface area contributed by atoms with Crippen molar-refractivity contribution in [2.24, 2.45) is 5.73 Å². The van der Waals surface area contributed by atoms with Crippen LogP contribution in [0.15, 0.2) is 18.2 Å². The molecule has 13 heavy (non-hydrogen) atoms. The maximum Gasteiger partial charge on any atom is 0.128 e. The Bertz CT molecular complexity index is 310. The molecule has 0 aliphatic carbocycles. The summed E-state index contributed by atoms with van der Waals surface area (Å²) in [5.74, 6) is -0.371. The van der Waals surface area contributed by atoms with Gasteiger partial charge in [0, 0.05) is 5.56 Å². The Morgan fingerprint density at radius 2 is 2.15 bits per heavy atom. The third kappa shape index (κ3) is 2.05. The normalized spacial score (nSPS) is 15.5. The minimum Gasteiger partial charge on any atom is -0.394 e. The van der Waals surface area contributed by atoms with Gasteiger partial charge in [0.05, 0.1) is 12.1 Å². The van der Waals surface area contributed by atoms with Gasteiger partial charge in [-0.3, -0.25) is 0 Å². The van der Waals surface area contributed by atoms with E-state index in [2.05, 4.69) is 0 Å². The van der Waals surface area contributed by atoms with Crippen LogP contribution in [0.5, 0.6) is 0 Å². The van der Waals surface area contributed by atoms with Crippen molar-refractivity contribution in [2.75, 3.05) is 6.61 Å². The van der Waals surface area contributed by atoms with E-state index in [1.807, 2.05) is 6.92 Å². The molecule has 0 spiro atoms. The van der Waals surface area contributed by atoms with Crippen LogP contribution < -0.4 is 5.73 Å². The van der Waals surface area contributed by atoms with Crippen LogP contribution in [0.25, 0.3) is 0 Å². The van der Waals surface area contributed by atoms with Crippen molar-refractivity contribution in [3.05, 3.63) is 35.1 Å². The van der Waals surface area contributed by atoms with Gasteiger partial charge in [-0.1, -0.05) is 17.7 Å². The lowest BCUT2D eigenvalue weighted by molar-refractivity contribution is 0.206. The summed E-state index contributed by atoms with van der Waals surface area (Å²) in [4.78, 5) is 0. The predicted molar refractivity (Wildman–Crippen MR) is 49.8 cm³/mol. The van der Waals surface area contributed by atoms with Crippen LogP contribution in [0.3, 0.4) is 0 Å². The second-order valence-corrected chi connectivity index (χ2v) is 3.56. The summed E-state index contributed by atoms with van der Waals surface area (Å²) in [6, 6.07) is 4.70. The minimum absolute atomic E-state index is 0.270. The van der Waals surface area contributed by atoms with E-state index in [1.165, 1.54) is 6.07 Å². The molecule has 1 rings (SSSR count). The van der Waals surface area contributed by atoms with Gasteiger partial charge in [-0.2, -0.15) is 0 Å². The number of hydrogen-bond acceptors (Lipinski definition) is 2. The minimum atomic E-state index is -1.00. The zero-order valence-electron chi connectivity index (χ0n) is 7.84. The van der Waals surface area contributed by atoms with E-state index in [-0.39, 0.29) is 12.4 Å². The number of aliphatic hydroxyl groups is 1. The summed E-state index contributed by atoms with van der Waals surface area (Å²) >= 11 is 0. The van der Waals surface area contributed by atoms with Crippen LogP contribution in [0, 0.1) is 12.7 Å². The average Bonchev–Trinajstić information content (AvgIpc) is 2.09. The molecule has 0 radical (unpaired) electrons. The Morgan fingerprint density at radius 3 is 2.69 bits per heavy atom. The van der Waals surface area contributed by atoms with E-state index in [0.29, 0.717) is 5.56 Å². The topological polar surface area (TPSA) is 46.2 Å². The quantitative estimate of drug-likeness (QED) is 0.726. The van der Waals surface area contributed by atoms with Gasteiger partial charge < -0.3 is 10.8 Å². The Kier molecular flexibility index (Phi) is 2.68. The van der Waals surface area contributed by atoms with Crippen molar-refractivity contribution in [2.45, 2.75) is 19.4 Å². The van der Waals surface area contributed by atoms with Crippen LogP contribution in [-0.4, -0.2) is 11.7 Å². The Morgan fingerprint density at radius 1 is 1.54 bits per heavy atom. The number of nitrogens with two attached hydrogens (primary N) is 1. The van der Waals surface area contributed by atoms with Crippen molar-refractivity contribution in [1.82, 2.24) is 0 Å². The molecule has 2 nitrogen and oxygen atoms in total. The van der Waals surface area contributed by atoms with Gasteiger partial charge in [-0.25, -0.2) is 4.39 Å². The molecule has 0 heterocycles. The summed E-state index contributed by atoms with van der Waals surface area (Å²) < 4.78 is 13.3. The third-order valence-electron chi connectivity index (χ3n) is 2.07. The summed E-state index contributed by atoms with van der Waals surface area (Å²) in [5.41, 5.74) is 6.00. The molecule has 0 bridgehead atoms. The first-order valence-electron chi connectivity index (χ1n) is 4.14. The summed E-state index contributed by atoms with van der Waals surface area (Å²) in [6.45, 7) is 3.19. The number of aryl methyl sites for hydroxylation is 1. The highest BCUT2D eigenvalue weighted by molar-refractivity contribution is 5.29. The van der Waals surface area contributed by atoms with E-state index < -0.39 is 5.54 Å². The van der Waals surface area contributed by atoms with E-state index >= 15 is 0 Å². The molecular weight excluding hydrogens is 169 g/mol. The van der Waals surface area contributed by atoms with Crippen LogP contribution >= 0.6 is 0 Å². The molecular formula is C10H14FNO. The maximum atomic E-state index is 13.3. The fourth-order valence-corrected chi connectivity index (χ4v) is 1.16. The molecule has 3 N–H and O–H groups in total. The first-order chi connectivity index (χ1) is 5.97. The van der Waals surface area contributed by atoms with Crippen LogP contribution in [0.2, 0.25) is 0 Å². The molecule has 0 aliphatic rings.